The zero-order chi connectivity index (χ0) is 10.5. The van der Waals surface area contributed by atoms with Gasteiger partial charge in [-0.25, -0.2) is 0 Å². The highest BCUT2D eigenvalue weighted by Gasteiger charge is 2.18. The fraction of sp³-hybridized carbons (Fsp3) is 0.625. The second-order valence-electron chi connectivity index (χ2n) is 2.95. The highest BCUT2D eigenvalue weighted by atomic mass is 16.8. The molecule has 76 valence electrons. The Labute approximate surface area is 77.8 Å². The summed E-state index contributed by atoms with van der Waals surface area (Å²) in [7, 11) is 0. The summed E-state index contributed by atoms with van der Waals surface area (Å²) in [4.78, 5) is 9.86. The molecule has 0 saturated carbocycles. The van der Waals surface area contributed by atoms with Crippen molar-refractivity contribution in [2.45, 2.75) is 13.8 Å². The van der Waals surface area contributed by atoms with Crippen molar-refractivity contribution in [2.75, 3.05) is 19.6 Å². The van der Waals surface area contributed by atoms with Crippen LogP contribution in [-0.2, 0) is 4.79 Å². The third kappa shape index (κ3) is 5.35. The van der Waals surface area contributed by atoms with E-state index in [4.69, 9.17) is 10.4 Å². The second kappa shape index (κ2) is 4.96. The lowest BCUT2D eigenvalue weighted by Crippen LogP contribution is -2.46. The predicted octanol–water partition coefficient (Wildman–Crippen LogP) is 0.294. The van der Waals surface area contributed by atoms with Gasteiger partial charge in [-0.05, 0) is 18.7 Å². The number of amides is 1. The molecule has 5 heteroatoms. The topological polar surface area (TPSA) is 69.6 Å². The number of quaternary nitrogens is 1. The van der Waals surface area contributed by atoms with E-state index in [0.717, 1.165) is 0 Å². The second-order valence-corrected chi connectivity index (χ2v) is 2.95. The van der Waals surface area contributed by atoms with Crippen LogP contribution in [0.4, 0.5) is 0 Å². The lowest BCUT2D eigenvalue weighted by Gasteiger charge is -2.19. The Balaban J connectivity index is 3.68. The maximum absolute atomic E-state index is 10.9. The number of hydrogen-bond acceptors (Lipinski definition) is 3. The van der Waals surface area contributed by atoms with Crippen molar-refractivity contribution < 1.29 is 20.0 Å². The normalized spacial score (nSPS) is 11.1. The summed E-state index contributed by atoms with van der Waals surface area (Å²) < 4.78 is 0. The molecule has 0 saturated heterocycles. The van der Waals surface area contributed by atoms with E-state index in [1.54, 1.807) is 13.8 Å². The Morgan fingerprint density at radius 3 is 2.46 bits per heavy atom. The number of carbonyl (C=O) groups is 1. The number of nitrogens with zero attached hydrogens (tertiary/aromatic N) is 1. The molecule has 0 heterocycles. The lowest BCUT2D eigenvalue weighted by molar-refractivity contribution is -1.24. The highest BCUT2D eigenvalue weighted by molar-refractivity contribution is 5.91. The first-order valence-electron chi connectivity index (χ1n) is 4.15. The fourth-order valence-corrected chi connectivity index (χ4v) is 0.657. The van der Waals surface area contributed by atoms with Crippen LogP contribution in [0.5, 0.6) is 0 Å². The van der Waals surface area contributed by atoms with Gasteiger partial charge in [-0.15, -0.1) is 0 Å². The minimum Gasteiger partial charge on any atom is -0.346 e. The van der Waals surface area contributed by atoms with Crippen molar-refractivity contribution >= 4 is 5.91 Å². The number of hydrogen-bond donors (Lipinski definition) is 3. The lowest BCUT2D eigenvalue weighted by atomic mass is 10.3. The van der Waals surface area contributed by atoms with Gasteiger partial charge in [0.1, 0.15) is 6.54 Å². The third-order valence-electron chi connectivity index (χ3n) is 1.65. The van der Waals surface area contributed by atoms with Gasteiger partial charge in [-0.3, -0.25) is 4.79 Å². The van der Waals surface area contributed by atoms with Crippen LogP contribution >= 0.6 is 0 Å². The fourth-order valence-electron chi connectivity index (χ4n) is 0.657. The average Bonchev–Trinajstić information content (AvgIpc) is 2.04. The van der Waals surface area contributed by atoms with E-state index < -0.39 is 4.81 Å². The standard InChI is InChI=1S/C8H16N2O3/c1-4-10(12,13)6-5-9-8(11)7(2)3/h12-13H,2,4-6H2,1,3H3/p+1. The summed E-state index contributed by atoms with van der Waals surface area (Å²) in [6.45, 7) is 7.14. The molecule has 0 rings (SSSR count). The van der Waals surface area contributed by atoms with Crippen LogP contribution < -0.4 is 5.32 Å². The summed E-state index contributed by atoms with van der Waals surface area (Å²) in [5.41, 5.74) is 0.408. The van der Waals surface area contributed by atoms with E-state index in [2.05, 4.69) is 11.9 Å². The molecule has 0 atom stereocenters. The molecule has 0 aliphatic heterocycles. The molecule has 0 aromatic rings. The molecule has 5 nitrogen and oxygen atoms in total. The van der Waals surface area contributed by atoms with E-state index in [-0.39, 0.29) is 25.5 Å². The maximum atomic E-state index is 10.9. The molecule has 0 unspecified atom stereocenters. The van der Waals surface area contributed by atoms with Gasteiger partial charge in [0.05, 0.1) is 6.54 Å². The van der Waals surface area contributed by atoms with Gasteiger partial charge < -0.3 is 5.32 Å². The minimum atomic E-state index is -1.07. The predicted molar refractivity (Wildman–Crippen MR) is 47.1 cm³/mol. The van der Waals surface area contributed by atoms with Crippen molar-refractivity contribution in [3.05, 3.63) is 12.2 Å². The molecule has 0 aliphatic rings. The van der Waals surface area contributed by atoms with Crippen molar-refractivity contribution in [1.29, 1.82) is 0 Å². The summed E-state index contributed by atoms with van der Waals surface area (Å²) in [5.74, 6) is -0.267. The minimum absolute atomic E-state index is 0.0650. The molecular weight excluding hydrogens is 172 g/mol. The number of nitrogens with one attached hydrogen (secondary N) is 1. The van der Waals surface area contributed by atoms with E-state index >= 15 is 0 Å². The summed E-state index contributed by atoms with van der Waals surface area (Å²) in [5, 5.41) is 20.7. The van der Waals surface area contributed by atoms with Crippen LogP contribution in [0.3, 0.4) is 0 Å². The molecule has 0 bridgehead atoms. The molecule has 0 aromatic heterocycles. The number of rotatable bonds is 5. The molecule has 0 radical (unpaired) electrons. The Kier molecular flexibility index (Phi) is 4.61. The van der Waals surface area contributed by atoms with Crippen LogP contribution in [0.15, 0.2) is 12.2 Å². The van der Waals surface area contributed by atoms with Crippen molar-refractivity contribution in [2.24, 2.45) is 0 Å². The van der Waals surface area contributed by atoms with E-state index in [9.17, 15) is 4.79 Å². The zero-order valence-electron chi connectivity index (χ0n) is 8.08. The molecule has 0 aromatic carbocycles. The Morgan fingerprint density at radius 2 is 2.08 bits per heavy atom. The molecule has 0 aliphatic carbocycles. The van der Waals surface area contributed by atoms with Crippen molar-refractivity contribution in [3.63, 3.8) is 0 Å². The van der Waals surface area contributed by atoms with Crippen LogP contribution in [0.1, 0.15) is 13.8 Å². The molecule has 1 amide bonds. The Morgan fingerprint density at radius 1 is 1.54 bits per heavy atom. The Hall–Kier alpha value is -0.910. The van der Waals surface area contributed by atoms with Crippen LogP contribution in [0.25, 0.3) is 0 Å². The SMILES string of the molecule is C=C(C)C(=O)NCC[N+](O)(O)CC. The van der Waals surface area contributed by atoms with Crippen LogP contribution in [0, 0.1) is 0 Å². The molecule has 13 heavy (non-hydrogen) atoms. The zero-order valence-corrected chi connectivity index (χ0v) is 8.08. The van der Waals surface area contributed by atoms with Gasteiger partial charge in [-0.1, -0.05) is 6.58 Å². The van der Waals surface area contributed by atoms with Gasteiger partial charge in [0.25, 0.3) is 0 Å². The molecular formula is C8H17N2O3+. The number of carbonyl (C=O) groups excluding carboxylic acids is 1. The van der Waals surface area contributed by atoms with E-state index in [0.29, 0.717) is 5.57 Å². The van der Waals surface area contributed by atoms with Gasteiger partial charge in [0.15, 0.2) is 6.54 Å². The van der Waals surface area contributed by atoms with E-state index in [1.165, 1.54) is 0 Å². The third-order valence-corrected chi connectivity index (χ3v) is 1.65. The summed E-state index contributed by atoms with van der Waals surface area (Å²) in [6, 6.07) is 0. The van der Waals surface area contributed by atoms with Crippen LogP contribution in [0.2, 0.25) is 0 Å². The Bertz CT molecular complexity index is 202. The summed E-state index contributed by atoms with van der Waals surface area (Å²) in [6.07, 6.45) is 0. The van der Waals surface area contributed by atoms with Crippen molar-refractivity contribution in [1.82, 2.24) is 5.32 Å². The van der Waals surface area contributed by atoms with Crippen molar-refractivity contribution in [3.8, 4) is 0 Å². The highest BCUT2D eigenvalue weighted by Crippen LogP contribution is 1.92. The number of likely N-dealkylation sites (N-methyl/N-ethyl adjacent to an activating group) is 1. The van der Waals surface area contributed by atoms with Gasteiger partial charge in [0, 0.05) is 5.57 Å². The first-order chi connectivity index (χ1) is 5.89. The maximum Gasteiger partial charge on any atom is 0.246 e. The summed E-state index contributed by atoms with van der Waals surface area (Å²) >= 11 is 0. The van der Waals surface area contributed by atoms with Gasteiger partial charge >= 0.3 is 0 Å². The molecule has 0 spiro atoms. The first-order valence-corrected chi connectivity index (χ1v) is 4.15. The van der Waals surface area contributed by atoms with E-state index in [1.807, 2.05) is 0 Å². The molecule has 0 fully saturated rings. The van der Waals surface area contributed by atoms with Gasteiger partial charge in [0.2, 0.25) is 5.91 Å². The molecule has 3 N–H and O–H groups in total. The smallest absolute Gasteiger partial charge is 0.246 e. The van der Waals surface area contributed by atoms with Gasteiger partial charge in [-0.2, -0.15) is 10.4 Å². The first kappa shape index (κ1) is 12.1. The monoisotopic (exact) mass is 189 g/mol. The van der Waals surface area contributed by atoms with Crippen LogP contribution in [-0.4, -0.2) is 40.8 Å². The quantitative estimate of drug-likeness (QED) is 0.331. The largest absolute Gasteiger partial charge is 0.346 e. The average molecular weight is 189 g/mol. The number of hydroxylamine groups is 4.